The number of amides is 2. The molecule has 2 N–H and O–H groups in total. The van der Waals surface area contributed by atoms with E-state index < -0.39 is 23.3 Å². The van der Waals surface area contributed by atoms with Crippen LogP contribution < -0.4 is 5.32 Å². The average Bonchev–Trinajstić information content (AvgIpc) is 3.04. The van der Waals surface area contributed by atoms with E-state index in [9.17, 15) is 14.4 Å². The Morgan fingerprint density at radius 3 is 2.67 bits per heavy atom. The predicted octanol–water partition coefficient (Wildman–Crippen LogP) is 1.02. The third-order valence-corrected chi connectivity index (χ3v) is 5.18. The Hall–Kier alpha value is -1.67. The largest absolute Gasteiger partial charge is 0.480 e. The number of thiol groups is 1. The van der Waals surface area contributed by atoms with Gasteiger partial charge >= 0.3 is 5.97 Å². The lowest BCUT2D eigenvalue weighted by atomic mass is 10.1. The lowest BCUT2D eigenvalue weighted by Crippen LogP contribution is -2.52. The fourth-order valence-corrected chi connectivity index (χ4v) is 3.85. The van der Waals surface area contributed by atoms with Gasteiger partial charge in [-0.3, -0.25) is 9.59 Å². The molecule has 1 aromatic carbocycles. The molecular weight excluding hydrogens is 348 g/mol. The monoisotopic (exact) mass is 368 g/mol. The second kappa shape index (κ2) is 8.43. The number of hydrogen-bond acceptors (Lipinski definition) is 5. The van der Waals surface area contributed by atoms with Gasteiger partial charge in [-0.05, 0) is 18.9 Å². The van der Waals surface area contributed by atoms with Crippen molar-refractivity contribution < 1.29 is 19.5 Å². The van der Waals surface area contributed by atoms with E-state index in [1.165, 1.54) is 16.7 Å². The van der Waals surface area contributed by atoms with Gasteiger partial charge in [-0.25, -0.2) is 4.79 Å². The van der Waals surface area contributed by atoms with Gasteiger partial charge in [0.2, 0.25) is 11.8 Å². The maximum Gasteiger partial charge on any atom is 0.327 e. The molecule has 2 amide bonds. The third kappa shape index (κ3) is 4.67. The van der Waals surface area contributed by atoms with E-state index in [1.807, 2.05) is 30.3 Å². The minimum atomic E-state index is -1.02. The molecule has 0 bridgehead atoms. The second-order valence-electron chi connectivity index (χ2n) is 5.60. The van der Waals surface area contributed by atoms with E-state index in [0.29, 0.717) is 18.1 Å². The van der Waals surface area contributed by atoms with Crippen LogP contribution in [0.4, 0.5) is 0 Å². The summed E-state index contributed by atoms with van der Waals surface area (Å²) in [6.45, 7) is 1.56. The van der Waals surface area contributed by atoms with Gasteiger partial charge in [0.25, 0.3) is 0 Å². The molecule has 8 heteroatoms. The summed E-state index contributed by atoms with van der Waals surface area (Å²) in [4.78, 5) is 37.1. The van der Waals surface area contributed by atoms with Crippen molar-refractivity contribution in [2.75, 3.05) is 11.6 Å². The highest BCUT2D eigenvalue weighted by Gasteiger charge is 2.37. The molecule has 0 spiro atoms. The number of carbonyl (C=O) groups excluding carboxylic acids is 2. The van der Waals surface area contributed by atoms with Gasteiger partial charge in [0.1, 0.15) is 12.1 Å². The topological polar surface area (TPSA) is 86.7 Å². The number of nitrogens with one attached hydrogen (secondary N) is 1. The summed E-state index contributed by atoms with van der Waals surface area (Å²) >= 11 is 5.69. The first kappa shape index (κ1) is 18.7. The Labute approximate surface area is 150 Å². The summed E-state index contributed by atoms with van der Waals surface area (Å²) in [7, 11) is 0. The molecule has 1 saturated heterocycles. The lowest BCUT2D eigenvalue weighted by molar-refractivity contribution is -0.148. The molecule has 24 heavy (non-hydrogen) atoms. The van der Waals surface area contributed by atoms with Crippen LogP contribution in [0.2, 0.25) is 0 Å². The molecular formula is C16H20N2O4S2. The summed E-state index contributed by atoms with van der Waals surface area (Å²) < 4.78 is 0. The molecule has 1 aliphatic heterocycles. The van der Waals surface area contributed by atoms with Crippen molar-refractivity contribution in [3.05, 3.63) is 35.9 Å². The second-order valence-corrected chi connectivity index (χ2v) is 7.22. The predicted molar refractivity (Wildman–Crippen MR) is 96.1 cm³/mol. The molecule has 0 aromatic heterocycles. The van der Waals surface area contributed by atoms with Crippen LogP contribution >= 0.6 is 24.4 Å². The molecule has 1 unspecified atom stereocenters. The quantitative estimate of drug-likeness (QED) is 0.653. The Balaban J connectivity index is 1.90. The average molecular weight is 368 g/mol. The number of thioether (sulfide) groups is 1. The van der Waals surface area contributed by atoms with Gasteiger partial charge in [-0.15, -0.1) is 11.8 Å². The maximum atomic E-state index is 12.4. The summed E-state index contributed by atoms with van der Waals surface area (Å²) in [5.74, 6) is -1.07. The van der Waals surface area contributed by atoms with Gasteiger partial charge in [-0.1, -0.05) is 30.3 Å². The third-order valence-electron chi connectivity index (χ3n) is 3.75. The highest BCUT2D eigenvalue weighted by molar-refractivity contribution is 7.99. The Kier molecular flexibility index (Phi) is 6.56. The fourth-order valence-electron chi connectivity index (χ4n) is 2.41. The first-order valence-corrected chi connectivity index (χ1v) is 9.20. The van der Waals surface area contributed by atoms with Crippen molar-refractivity contribution in [2.24, 2.45) is 0 Å². The number of hydrogen-bond donors (Lipinski definition) is 3. The molecule has 3 atom stereocenters. The van der Waals surface area contributed by atoms with E-state index in [1.54, 1.807) is 6.92 Å². The van der Waals surface area contributed by atoms with Crippen LogP contribution in [0.3, 0.4) is 0 Å². The minimum absolute atomic E-state index is 0.324. The molecule has 0 radical (unpaired) electrons. The number of aliphatic carboxylic acids is 1. The number of carboxylic acids is 1. The van der Waals surface area contributed by atoms with Crippen molar-refractivity contribution >= 4 is 42.2 Å². The molecule has 130 valence electrons. The molecule has 6 nitrogen and oxygen atoms in total. The van der Waals surface area contributed by atoms with Crippen LogP contribution in [0.5, 0.6) is 0 Å². The van der Waals surface area contributed by atoms with E-state index in [2.05, 4.69) is 17.9 Å². The summed E-state index contributed by atoms with van der Waals surface area (Å²) in [6, 6.07) is 7.86. The smallest absolute Gasteiger partial charge is 0.327 e. The Morgan fingerprint density at radius 1 is 1.38 bits per heavy atom. The number of nitrogens with zero attached hydrogens (tertiary/aromatic N) is 1. The van der Waals surface area contributed by atoms with Crippen LogP contribution in [0.15, 0.2) is 30.3 Å². The zero-order valence-electron chi connectivity index (χ0n) is 13.2. The standard InChI is InChI=1S/C16H20N2O4S2/c1-10(15(20)18-9-24-8-12(18)16(21)22)17-14(19)13(23)7-11-5-3-2-4-6-11/h2-6,10,12-13,23H,7-9H2,1H3,(H,17,19)(H,21,22)/t10-,12+,13?/m0/s1. The normalized spacial score (nSPS) is 19.6. The van der Waals surface area contributed by atoms with Crippen molar-refractivity contribution in [1.29, 1.82) is 0 Å². The van der Waals surface area contributed by atoms with Gasteiger partial charge < -0.3 is 15.3 Å². The van der Waals surface area contributed by atoms with Crippen LogP contribution in [-0.4, -0.2) is 56.8 Å². The van der Waals surface area contributed by atoms with E-state index >= 15 is 0 Å². The first-order chi connectivity index (χ1) is 11.4. The lowest BCUT2D eigenvalue weighted by Gasteiger charge is -2.25. The summed E-state index contributed by atoms with van der Waals surface area (Å²) in [6.07, 6.45) is 0.452. The van der Waals surface area contributed by atoms with E-state index in [0.717, 1.165) is 5.56 Å². The van der Waals surface area contributed by atoms with Crippen LogP contribution in [0, 0.1) is 0 Å². The zero-order valence-corrected chi connectivity index (χ0v) is 14.9. The van der Waals surface area contributed by atoms with Gasteiger partial charge in [0, 0.05) is 5.75 Å². The summed E-state index contributed by atoms with van der Waals surface area (Å²) in [5, 5.41) is 11.2. The number of carbonyl (C=O) groups is 3. The highest BCUT2D eigenvalue weighted by atomic mass is 32.2. The Bertz CT molecular complexity index is 611. The molecule has 1 aromatic rings. The van der Waals surface area contributed by atoms with Crippen LogP contribution in [0.1, 0.15) is 12.5 Å². The molecule has 1 aliphatic rings. The molecule has 1 heterocycles. The van der Waals surface area contributed by atoms with Crippen molar-refractivity contribution in [2.45, 2.75) is 30.7 Å². The highest BCUT2D eigenvalue weighted by Crippen LogP contribution is 2.22. The van der Waals surface area contributed by atoms with Crippen molar-refractivity contribution in [3.63, 3.8) is 0 Å². The zero-order chi connectivity index (χ0) is 17.7. The van der Waals surface area contributed by atoms with E-state index in [4.69, 9.17) is 5.11 Å². The minimum Gasteiger partial charge on any atom is -0.480 e. The molecule has 1 fully saturated rings. The molecule has 2 rings (SSSR count). The van der Waals surface area contributed by atoms with Crippen molar-refractivity contribution in [3.8, 4) is 0 Å². The number of benzene rings is 1. The summed E-state index contributed by atoms with van der Waals surface area (Å²) in [5.41, 5.74) is 0.980. The van der Waals surface area contributed by atoms with Gasteiger partial charge in [0.15, 0.2) is 0 Å². The SMILES string of the molecule is C[C@H](NC(=O)C(S)Cc1ccccc1)C(=O)N1CSC[C@@H]1C(=O)O. The van der Waals surface area contributed by atoms with Gasteiger partial charge in [0.05, 0.1) is 11.1 Å². The van der Waals surface area contributed by atoms with Gasteiger partial charge in [-0.2, -0.15) is 12.6 Å². The number of carboxylic acid groups (broad SMARTS) is 1. The fraction of sp³-hybridized carbons (Fsp3) is 0.438. The number of rotatable bonds is 6. The van der Waals surface area contributed by atoms with E-state index in [-0.39, 0.29) is 11.8 Å². The van der Waals surface area contributed by atoms with Crippen LogP contribution in [0.25, 0.3) is 0 Å². The first-order valence-electron chi connectivity index (χ1n) is 7.53. The molecule has 0 aliphatic carbocycles. The maximum absolute atomic E-state index is 12.4. The van der Waals surface area contributed by atoms with Crippen molar-refractivity contribution in [1.82, 2.24) is 10.2 Å². The molecule has 0 saturated carbocycles. The van der Waals surface area contributed by atoms with Crippen LogP contribution in [-0.2, 0) is 20.8 Å². The Morgan fingerprint density at radius 2 is 2.04 bits per heavy atom.